The Morgan fingerprint density at radius 3 is 2.35 bits per heavy atom. The molecule has 0 saturated carbocycles. The van der Waals surface area contributed by atoms with E-state index < -0.39 is 18.0 Å². The third-order valence-corrected chi connectivity index (χ3v) is 3.23. The van der Waals surface area contributed by atoms with Gasteiger partial charge in [0.1, 0.15) is 6.04 Å². The highest BCUT2D eigenvalue weighted by Gasteiger charge is 2.20. The summed E-state index contributed by atoms with van der Waals surface area (Å²) in [6, 6.07) is 1.77. The smallest absolute Gasteiger partial charge is 0.328 e. The van der Waals surface area contributed by atoms with Crippen molar-refractivity contribution in [2.75, 3.05) is 0 Å². The number of phenols is 1. The van der Waals surface area contributed by atoms with E-state index in [9.17, 15) is 14.7 Å². The molecule has 0 saturated heterocycles. The fraction of sp³-hybridized carbons (Fsp3) is 0.438. The molecule has 1 unspecified atom stereocenters. The average molecular weight is 342 g/mol. The minimum Gasteiger partial charge on any atom is -0.504 e. The van der Waals surface area contributed by atoms with E-state index in [1.807, 2.05) is 0 Å². The lowest BCUT2D eigenvalue weighted by Gasteiger charge is -2.12. The normalized spacial score (nSPS) is 12.8. The quantitative estimate of drug-likeness (QED) is 0.470. The van der Waals surface area contributed by atoms with Crippen molar-refractivity contribution in [3.05, 3.63) is 22.7 Å². The second kappa shape index (κ2) is 7.97. The summed E-state index contributed by atoms with van der Waals surface area (Å²) in [6.07, 6.45) is 1.21. The maximum Gasteiger partial charge on any atom is 0.328 e. The van der Waals surface area contributed by atoms with Crippen molar-refractivity contribution in [1.29, 1.82) is 0 Å². The molecule has 1 aromatic carbocycles. The van der Waals surface area contributed by atoms with Crippen molar-refractivity contribution >= 4 is 29.8 Å². The first-order valence-corrected chi connectivity index (χ1v) is 7.51. The summed E-state index contributed by atoms with van der Waals surface area (Å²) in [5, 5.41) is 19.5. The molecule has 0 aliphatic carbocycles. The molecule has 23 heavy (non-hydrogen) atoms. The number of rotatable bonds is 6. The number of ether oxygens (including phenoxy) is 1. The van der Waals surface area contributed by atoms with Gasteiger partial charge in [-0.15, -0.1) is 0 Å². The zero-order valence-corrected chi connectivity index (χ0v) is 14.2. The first kappa shape index (κ1) is 19.0. The predicted octanol–water partition coefficient (Wildman–Crippen LogP) is 3.14. The van der Waals surface area contributed by atoms with Crippen LogP contribution in [-0.2, 0) is 9.59 Å². The highest BCUT2D eigenvalue weighted by molar-refractivity contribution is 6.31. The number of esters is 1. The molecule has 0 heterocycles. The molecule has 7 heteroatoms. The second-order valence-corrected chi connectivity index (χ2v) is 6.16. The lowest BCUT2D eigenvalue weighted by molar-refractivity contribution is -0.139. The summed E-state index contributed by atoms with van der Waals surface area (Å²) in [5.74, 6) is -2.58. The van der Waals surface area contributed by atoms with Crippen LogP contribution in [0.5, 0.6) is 11.5 Å². The predicted molar refractivity (Wildman–Crippen MR) is 87.4 cm³/mol. The molecule has 0 aliphatic heterocycles. The van der Waals surface area contributed by atoms with Gasteiger partial charge in [-0.2, -0.15) is 0 Å². The first-order chi connectivity index (χ1) is 10.6. The lowest BCUT2D eigenvalue weighted by Crippen LogP contribution is -2.24. The molecule has 6 nitrogen and oxygen atoms in total. The molecular formula is C16H20ClNO5. The summed E-state index contributed by atoms with van der Waals surface area (Å²) in [6.45, 7) is 6.77. The van der Waals surface area contributed by atoms with Crippen LogP contribution >= 0.6 is 11.6 Å². The zero-order valence-electron chi connectivity index (χ0n) is 13.4. The molecule has 0 aromatic heterocycles. The Bertz CT molecular complexity index is 625. The summed E-state index contributed by atoms with van der Waals surface area (Å²) in [4.78, 5) is 26.7. The monoisotopic (exact) mass is 341 g/mol. The van der Waals surface area contributed by atoms with Crippen LogP contribution in [0.15, 0.2) is 17.1 Å². The summed E-state index contributed by atoms with van der Waals surface area (Å²) < 4.78 is 5.08. The Morgan fingerprint density at radius 1 is 1.26 bits per heavy atom. The van der Waals surface area contributed by atoms with Gasteiger partial charge in [0.2, 0.25) is 0 Å². The number of hydrogen-bond acceptors (Lipinski definition) is 5. The Hall–Kier alpha value is -2.08. The van der Waals surface area contributed by atoms with Gasteiger partial charge < -0.3 is 14.9 Å². The largest absolute Gasteiger partial charge is 0.504 e. The molecule has 0 fully saturated rings. The number of halogens is 1. The van der Waals surface area contributed by atoms with E-state index in [1.165, 1.54) is 18.3 Å². The van der Waals surface area contributed by atoms with Crippen molar-refractivity contribution in [1.82, 2.24) is 0 Å². The first-order valence-electron chi connectivity index (χ1n) is 7.13. The third kappa shape index (κ3) is 5.25. The van der Waals surface area contributed by atoms with Crippen LogP contribution in [0, 0.1) is 11.8 Å². The van der Waals surface area contributed by atoms with Crippen LogP contribution in [0.25, 0.3) is 0 Å². The van der Waals surface area contributed by atoms with Gasteiger partial charge in [-0.3, -0.25) is 9.79 Å². The molecule has 2 N–H and O–H groups in total. The van der Waals surface area contributed by atoms with Gasteiger partial charge in [0, 0.05) is 22.9 Å². The minimum absolute atomic E-state index is 0.0888. The molecule has 0 aliphatic rings. The average Bonchev–Trinajstić information content (AvgIpc) is 2.42. The lowest BCUT2D eigenvalue weighted by atomic mass is 10.1. The van der Waals surface area contributed by atoms with Crippen LogP contribution < -0.4 is 4.74 Å². The molecule has 1 atom stereocenters. The van der Waals surface area contributed by atoms with Gasteiger partial charge in [-0.25, -0.2) is 4.79 Å². The Kier molecular flexibility index (Phi) is 6.57. The number of aliphatic imine (C=N–C) groups is 1. The number of carbonyl (C=O) groups excluding carboxylic acids is 1. The van der Waals surface area contributed by atoms with Crippen LogP contribution in [0.2, 0.25) is 5.02 Å². The molecular weight excluding hydrogens is 322 g/mol. The van der Waals surface area contributed by atoms with E-state index >= 15 is 0 Å². The maximum absolute atomic E-state index is 11.6. The van der Waals surface area contributed by atoms with E-state index in [0.717, 1.165) is 0 Å². The molecule has 0 bridgehead atoms. The number of nitrogens with zero attached hydrogens (tertiary/aromatic N) is 1. The van der Waals surface area contributed by atoms with Crippen molar-refractivity contribution in [3.8, 4) is 11.5 Å². The van der Waals surface area contributed by atoms with E-state index in [4.69, 9.17) is 21.4 Å². The Labute approximate surface area is 139 Å². The number of hydrogen-bond donors (Lipinski definition) is 2. The van der Waals surface area contributed by atoms with Gasteiger partial charge in [0.15, 0.2) is 11.5 Å². The Morgan fingerprint density at radius 2 is 1.87 bits per heavy atom. The molecule has 1 rings (SSSR count). The highest BCUT2D eigenvalue weighted by atomic mass is 35.5. The van der Waals surface area contributed by atoms with Crippen LogP contribution in [0.1, 0.15) is 33.3 Å². The standard InChI is InChI=1S/C16H20ClNO5/c1-8(2)13(15(20)21)18-7-10-5-11(17)6-12(14(10)19)23-16(22)9(3)4/h5-9,13,19H,1-4H3,(H,20,21). The van der Waals surface area contributed by atoms with Crippen LogP contribution in [-0.4, -0.2) is 34.4 Å². The van der Waals surface area contributed by atoms with E-state index in [1.54, 1.807) is 27.7 Å². The number of carboxylic acid groups (broad SMARTS) is 1. The number of carboxylic acids is 1. The topological polar surface area (TPSA) is 96.2 Å². The number of aliphatic carboxylic acids is 1. The minimum atomic E-state index is -1.07. The summed E-state index contributed by atoms with van der Waals surface area (Å²) in [5.41, 5.74) is 0.177. The van der Waals surface area contributed by atoms with Gasteiger partial charge >= 0.3 is 11.9 Å². The van der Waals surface area contributed by atoms with Crippen molar-refractivity contribution in [2.45, 2.75) is 33.7 Å². The van der Waals surface area contributed by atoms with Crippen molar-refractivity contribution in [3.63, 3.8) is 0 Å². The number of aromatic hydroxyl groups is 1. The molecule has 0 radical (unpaired) electrons. The molecule has 1 aromatic rings. The van der Waals surface area contributed by atoms with Gasteiger partial charge in [0.05, 0.1) is 5.92 Å². The van der Waals surface area contributed by atoms with E-state index in [-0.39, 0.29) is 33.9 Å². The van der Waals surface area contributed by atoms with Gasteiger partial charge in [-0.05, 0) is 12.0 Å². The Balaban J connectivity index is 3.15. The van der Waals surface area contributed by atoms with Gasteiger partial charge in [-0.1, -0.05) is 39.3 Å². The SMILES string of the molecule is CC(C)C(=O)Oc1cc(Cl)cc(C=NC(C(=O)O)C(C)C)c1O. The fourth-order valence-electron chi connectivity index (χ4n) is 1.68. The summed E-state index contributed by atoms with van der Waals surface area (Å²) >= 11 is 5.95. The third-order valence-electron chi connectivity index (χ3n) is 3.01. The van der Waals surface area contributed by atoms with E-state index in [2.05, 4.69) is 4.99 Å². The molecule has 0 spiro atoms. The van der Waals surface area contributed by atoms with Crippen LogP contribution in [0.3, 0.4) is 0 Å². The zero-order chi connectivity index (χ0) is 17.7. The second-order valence-electron chi connectivity index (χ2n) is 5.72. The number of phenolic OH excluding ortho intramolecular Hbond substituents is 1. The van der Waals surface area contributed by atoms with Crippen LogP contribution in [0.4, 0.5) is 0 Å². The summed E-state index contributed by atoms with van der Waals surface area (Å²) in [7, 11) is 0. The highest BCUT2D eigenvalue weighted by Crippen LogP contribution is 2.33. The number of carbonyl (C=O) groups is 2. The fourth-order valence-corrected chi connectivity index (χ4v) is 1.90. The van der Waals surface area contributed by atoms with Crippen molar-refractivity contribution < 1.29 is 24.5 Å². The maximum atomic E-state index is 11.6. The number of benzene rings is 1. The van der Waals surface area contributed by atoms with Gasteiger partial charge in [0.25, 0.3) is 0 Å². The van der Waals surface area contributed by atoms with Crippen molar-refractivity contribution in [2.24, 2.45) is 16.8 Å². The molecule has 0 amide bonds. The van der Waals surface area contributed by atoms with E-state index in [0.29, 0.717) is 0 Å². The molecule has 126 valence electrons.